The van der Waals surface area contributed by atoms with Crippen molar-refractivity contribution in [3.8, 4) is 39.6 Å². The molecule has 0 radical (unpaired) electrons. The minimum atomic E-state index is -0.295. The van der Waals surface area contributed by atoms with Gasteiger partial charge < -0.3 is 4.74 Å². The number of fused-ring (bicyclic) bond motifs is 4. The van der Waals surface area contributed by atoms with Gasteiger partial charge in [0, 0.05) is 41.2 Å². The zero-order valence-electron chi connectivity index (χ0n) is 46.1. The Morgan fingerprint density at radius 3 is 1.75 bits per heavy atom. The van der Waals surface area contributed by atoms with E-state index in [1.165, 1.54) is 16.7 Å². The molecule has 0 saturated heterocycles. The first-order valence-electron chi connectivity index (χ1n) is 26.0. The summed E-state index contributed by atoms with van der Waals surface area (Å²) >= 11 is 0. The van der Waals surface area contributed by atoms with E-state index in [9.17, 15) is 0 Å². The molecule has 0 unspecified atom stereocenters. The van der Waals surface area contributed by atoms with Crippen molar-refractivity contribution in [1.29, 1.82) is 0 Å². The van der Waals surface area contributed by atoms with Crippen molar-refractivity contribution >= 4 is 50.6 Å². The van der Waals surface area contributed by atoms with Crippen molar-refractivity contribution in [2.45, 2.75) is 105 Å². The molecular weight excluding hydrogens is 841 g/mol. The second-order valence-electron chi connectivity index (χ2n) is 22.6. The molecule has 2 aromatic heterocycles. The van der Waals surface area contributed by atoms with E-state index in [1.54, 1.807) is 6.20 Å². The third kappa shape index (κ3) is 8.62. The average Bonchev–Trinajstić information content (AvgIpc) is 3.90. The Labute approximate surface area is 414 Å². The topological polar surface area (TPSA) is 33.1 Å². The van der Waals surface area contributed by atoms with Crippen LogP contribution in [0.2, 0.25) is 0 Å². The smallest absolute Gasteiger partial charge is 0.457 e. The average molecular weight is 909 g/mol. The van der Waals surface area contributed by atoms with Gasteiger partial charge in [0.2, 0.25) is 11.4 Å². The summed E-state index contributed by atoms with van der Waals surface area (Å²) < 4.78 is 48.3. The first-order valence-corrected chi connectivity index (χ1v) is 24.0. The van der Waals surface area contributed by atoms with Crippen LogP contribution in [0.5, 0.6) is 11.5 Å². The van der Waals surface area contributed by atoms with Crippen molar-refractivity contribution in [1.82, 2.24) is 18.7 Å². The van der Waals surface area contributed by atoms with Crippen molar-refractivity contribution in [2.75, 3.05) is 0 Å². The van der Waals surface area contributed by atoms with Gasteiger partial charge in [-0.15, -0.1) is 0 Å². The second-order valence-corrected chi connectivity index (χ2v) is 22.6. The molecule has 69 heavy (non-hydrogen) atoms. The van der Waals surface area contributed by atoms with E-state index < -0.39 is 0 Å². The molecule has 0 atom stereocenters. The van der Waals surface area contributed by atoms with E-state index in [-0.39, 0.29) is 45.8 Å². The van der Waals surface area contributed by atoms with Crippen molar-refractivity contribution < 1.29 is 10.2 Å². The maximum atomic E-state index is 9.11. The van der Waals surface area contributed by atoms with Crippen LogP contribution >= 0.6 is 0 Å². The van der Waals surface area contributed by atoms with Gasteiger partial charge in [0.05, 0.1) is 33.7 Å². The minimum Gasteiger partial charge on any atom is -0.457 e. The lowest BCUT2D eigenvalue weighted by Crippen LogP contribution is -2.17. The number of nitrogens with zero attached hydrogens (tertiary/aromatic N) is 4. The van der Waals surface area contributed by atoms with Gasteiger partial charge in [0.25, 0.3) is 11.4 Å². The van der Waals surface area contributed by atoms with E-state index in [1.807, 2.05) is 53.1 Å². The number of ether oxygens (including phenoxy) is 1. The summed E-state index contributed by atoms with van der Waals surface area (Å²) in [6.45, 7) is 27.0. The van der Waals surface area contributed by atoms with Crippen LogP contribution < -0.4 is 13.9 Å². The Kier molecular flexibility index (Phi) is 9.86. The molecule has 0 spiro atoms. The summed E-state index contributed by atoms with van der Waals surface area (Å²) in [6, 6.07) is 51.9. The SMILES string of the molecule is [2H]c1c([2H])c([2H])c2c(c1[2H])c1ccc(Oc3cccc([N+]4=C=[N+](c5c(-c6ccccc6)cc(C(C)(C)C)cc5-c5cc(C(C)(C)C)cc(C(C)(C)C)c5)c5ccccc54)c3)cc1n2-c1cc(C(C)(C)C)ccn1. The normalized spacial score (nSPS) is 14.0. The Morgan fingerprint density at radius 2 is 1.09 bits per heavy atom. The van der Waals surface area contributed by atoms with E-state index in [0.29, 0.717) is 39.1 Å². The van der Waals surface area contributed by atoms with Gasteiger partial charge >= 0.3 is 6.01 Å². The van der Waals surface area contributed by atoms with Gasteiger partial charge in [0.15, 0.2) is 0 Å². The third-order valence-electron chi connectivity index (χ3n) is 13.3. The Hall–Kier alpha value is -7.33. The molecule has 5 nitrogen and oxygen atoms in total. The maximum Gasteiger partial charge on any atom is 0.503 e. The van der Waals surface area contributed by atoms with Crippen LogP contribution in [0.25, 0.3) is 49.9 Å². The largest absolute Gasteiger partial charge is 0.503 e. The van der Waals surface area contributed by atoms with Gasteiger partial charge in [-0.1, -0.05) is 168 Å². The van der Waals surface area contributed by atoms with E-state index in [2.05, 4.69) is 189 Å². The molecule has 344 valence electrons. The zero-order chi connectivity index (χ0) is 52.1. The lowest BCUT2D eigenvalue weighted by atomic mass is 9.77. The molecule has 0 amide bonds. The molecule has 5 heteroatoms. The van der Waals surface area contributed by atoms with Crippen LogP contribution in [0.3, 0.4) is 0 Å². The van der Waals surface area contributed by atoms with Crippen LogP contribution in [0.1, 0.15) is 111 Å². The van der Waals surface area contributed by atoms with Crippen molar-refractivity contribution in [2.24, 2.45) is 0 Å². The molecule has 0 bridgehead atoms. The highest BCUT2D eigenvalue weighted by Gasteiger charge is 2.40. The highest BCUT2D eigenvalue weighted by molar-refractivity contribution is 6.09. The van der Waals surface area contributed by atoms with Crippen LogP contribution in [0.15, 0.2) is 170 Å². The predicted octanol–water partition coefficient (Wildman–Crippen LogP) is 17.4. The highest BCUT2D eigenvalue weighted by atomic mass is 16.5. The monoisotopic (exact) mass is 909 g/mol. The standard InChI is InChI=1S/C64H64N4O/c1-61(2,3)44-31-32-65-59(38-44)68-55-26-17-16-25-51(55)52-30-29-50(40-58(52)68)69-49-24-20-23-48(39-49)66-41-67(57-28-19-18-27-56(57)66)60-53(42-21-14-13-15-22-42)36-47(64(10,11)12)37-54(60)43-33-45(62(4,5)6)35-46(34-43)63(7,8)9/h13-40H,1-12H3/q+2/i16D,17D,25D,26D. The molecule has 3 heterocycles. The number of benzene rings is 7. The molecule has 10 rings (SSSR count). The number of hydrogen-bond donors (Lipinski definition) is 0. The lowest BCUT2D eigenvalue weighted by molar-refractivity contribution is 0.483. The van der Waals surface area contributed by atoms with Gasteiger partial charge in [-0.25, -0.2) is 4.98 Å². The molecule has 0 saturated carbocycles. The number of aromatic nitrogens is 2. The minimum absolute atomic E-state index is 0.0859. The second kappa shape index (κ2) is 16.7. The molecule has 1 aliphatic heterocycles. The van der Waals surface area contributed by atoms with E-state index >= 15 is 0 Å². The number of pyridine rings is 1. The highest BCUT2D eigenvalue weighted by Crippen LogP contribution is 2.48. The summed E-state index contributed by atoms with van der Waals surface area (Å²) in [5, 5.41) is 1.11. The Bertz CT molecular complexity index is 3750. The van der Waals surface area contributed by atoms with Gasteiger partial charge in [0.1, 0.15) is 17.3 Å². The van der Waals surface area contributed by atoms with Gasteiger partial charge in [-0.2, -0.15) is 0 Å². The van der Waals surface area contributed by atoms with Gasteiger partial charge in [-0.05, 0) is 113 Å². The fourth-order valence-corrected chi connectivity index (χ4v) is 9.26. The lowest BCUT2D eigenvalue weighted by Gasteiger charge is -2.27. The predicted molar refractivity (Wildman–Crippen MR) is 292 cm³/mol. The molecule has 0 aliphatic carbocycles. The fraction of sp³-hybridized carbons (Fsp3) is 0.250. The molecule has 0 N–H and O–H groups in total. The summed E-state index contributed by atoms with van der Waals surface area (Å²) in [4.78, 5) is 4.77. The molecule has 9 aromatic rings. The van der Waals surface area contributed by atoms with Crippen LogP contribution in [-0.4, -0.2) is 15.6 Å². The van der Waals surface area contributed by atoms with Crippen molar-refractivity contribution in [3.05, 3.63) is 192 Å². The first-order chi connectivity index (χ1) is 34.4. The quantitative estimate of drug-likeness (QED) is 0.149. The molecular formula is C64H64N4O+2. The fourth-order valence-electron chi connectivity index (χ4n) is 9.26. The molecule has 0 fully saturated rings. The number of rotatable bonds is 7. The summed E-state index contributed by atoms with van der Waals surface area (Å²) in [5.74, 6) is 1.70. The Balaban J connectivity index is 1.17. The van der Waals surface area contributed by atoms with Crippen molar-refractivity contribution in [3.63, 3.8) is 0 Å². The molecule has 1 aliphatic rings. The van der Waals surface area contributed by atoms with Crippen LogP contribution in [-0.2, 0) is 21.7 Å². The zero-order valence-corrected chi connectivity index (χ0v) is 42.1. The number of hydrogen-bond acceptors (Lipinski definition) is 2. The summed E-state index contributed by atoms with van der Waals surface area (Å²) in [5.41, 5.74) is 13.8. The van der Waals surface area contributed by atoms with Crippen LogP contribution in [0.4, 0.5) is 22.7 Å². The van der Waals surface area contributed by atoms with Crippen LogP contribution in [0, 0.1) is 0 Å². The molecule has 7 aromatic carbocycles. The first kappa shape index (κ1) is 40.7. The Morgan fingerprint density at radius 1 is 0.493 bits per heavy atom. The summed E-state index contributed by atoms with van der Waals surface area (Å²) in [7, 11) is 0. The van der Waals surface area contributed by atoms with E-state index in [0.717, 1.165) is 50.6 Å². The van der Waals surface area contributed by atoms with Gasteiger partial charge in [-0.3, -0.25) is 4.57 Å². The summed E-state index contributed by atoms with van der Waals surface area (Å²) in [6.07, 6.45) is 1.76. The third-order valence-corrected chi connectivity index (χ3v) is 13.3. The number of para-hydroxylation sites is 3. The maximum absolute atomic E-state index is 9.11. The van der Waals surface area contributed by atoms with E-state index in [4.69, 9.17) is 15.2 Å².